The Morgan fingerprint density at radius 1 is 1.40 bits per heavy atom. The highest BCUT2D eigenvalue weighted by atomic mass is 32.2. The van der Waals surface area contributed by atoms with Crippen molar-refractivity contribution in [3.8, 4) is 0 Å². The number of benzene rings is 1. The summed E-state index contributed by atoms with van der Waals surface area (Å²) in [6, 6.07) is 5.52. The maximum absolute atomic E-state index is 12.9. The Balaban J connectivity index is 2.31. The van der Waals surface area contributed by atoms with Gasteiger partial charge in [0.1, 0.15) is 5.82 Å². The maximum atomic E-state index is 12.9. The Morgan fingerprint density at radius 3 is 2.60 bits per heavy atom. The van der Waals surface area contributed by atoms with E-state index in [-0.39, 0.29) is 0 Å². The molecule has 1 aromatic carbocycles. The molecule has 0 amide bonds. The molecule has 2 rings (SSSR count). The second-order valence-electron chi connectivity index (χ2n) is 3.35. The van der Waals surface area contributed by atoms with Crippen molar-refractivity contribution in [3.63, 3.8) is 0 Å². The van der Waals surface area contributed by atoms with Gasteiger partial charge in [0, 0.05) is 20.1 Å². The molecule has 0 N–H and O–H groups in total. The third-order valence-corrected chi connectivity index (χ3v) is 4.17. The van der Waals surface area contributed by atoms with E-state index in [0.717, 1.165) is 4.31 Å². The van der Waals surface area contributed by atoms with Crippen molar-refractivity contribution in [1.82, 2.24) is 4.31 Å². The van der Waals surface area contributed by atoms with Crippen LogP contribution >= 0.6 is 0 Å². The topological polar surface area (TPSA) is 40.4 Å². The number of rotatable bonds is 3. The zero-order valence-corrected chi connectivity index (χ0v) is 9.04. The molecule has 0 spiro atoms. The fraction of sp³-hybridized carbons (Fsp3) is 0.333. The van der Waals surface area contributed by atoms with E-state index >= 15 is 0 Å². The number of hydrogen-bond acceptors (Lipinski definition) is 2. The molecule has 1 aliphatic rings. The standard InChI is InChI=1S/C9H11FN2O2S/c1-11(15(13,14)12-5-6-12)9-4-2-3-8(10)7-9/h2-4,7H,5-6H2,1H3. The van der Waals surface area contributed by atoms with Gasteiger partial charge in [-0.05, 0) is 18.2 Å². The summed E-state index contributed by atoms with van der Waals surface area (Å²) in [4.78, 5) is 0. The van der Waals surface area contributed by atoms with Gasteiger partial charge in [-0.25, -0.2) is 4.39 Å². The molecule has 1 fully saturated rings. The average Bonchev–Trinajstić information content (AvgIpc) is 2.99. The molecule has 6 heteroatoms. The monoisotopic (exact) mass is 230 g/mol. The molecule has 1 heterocycles. The first-order valence-electron chi connectivity index (χ1n) is 4.51. The summed E-state index contributed by atoms with van der Waals surface area (Å²) >= 11 is 0. The van der Waals surface area contributed by atoms with Gasteiger partial charge in [-0.1, -0.05) is 6.07 Å². The highest BCUT2D eigenvalue weighted by molar-refractivity contribution is 7.90. The second-order valence-corrected chi connectivity index (χ2v) is 5.31. The molecule has 1 aromatic rings. The summed E-state index contributed by atoms with van der Waals surface area (Å²) in [5, 5.41) is 0. The summed E-state index contributed by atoms with van der Waals surface area (Å²) in [7, 11) is -2.02. The molecule has 0 atom stereocenters. The minimum absolute atomic E-state index is 0.335. The van der Waals surface area contributed by atoms with Crippen LogP contribution in [0.3, 0.4) is 0 Å². The lowest BCUT2D eigenvalue weighted by molar-refractivity contribution is 0.561. The largest absolute Gasteiger partial charge is 0.303 e. The van der Waals surface area contributed by atoms with Gasteiger partial charge >= 0.3 is 10.2 Å². The van der Waals surface area contributed by atoms with Gasteiger partial charge in [-0.3, -0.25) is 4.31 Å². The van der Waals surface area contributed by atoms with Crippen LogP contribution in [0, 0.1) is 5.82 Å². The Bertz CT molecular complexity index is 471. The van der Waals surface area contributed by atoms with E-state index in [9.17, 15) is 12.8 Å². The summed E-state index contributed by atoms with van der Waals surface area (Å²) < 4.78 is 38.8. The van der Waals surface area contributed by atoms with Crippen LogP contribution in [0.4, 0.5) is 10.1 Å². The van der Waals surface area contributed by atoms with Crippen LogP contribution in [0.25, 0.3) is 0 Å². The lowest BCUT2D eigenvalue weighted by Gasteiger charge is -2.19. The molecule has 0 saturated carbocycles. The van der Waals surface area contributed by atoms with Crippen molar-refractivity contribution in [3.05, 3.63) is 30.1 Å². The number of nitrogens with zero attached hydrogens (tertiary/aromatic N) is 2. The molecule has 82 valence electrons. The summed E-state index contributed by atoms with van der Waals surface area (Å²) in [6.45, 7) is 1.09. The molecule has 0 aromatic heterocycles. The lowest BCUT2D eigenvalue weighted by atomic mass is 10.3. The van der Waals surface area contributed by atoms with Crippen molar-refractivity contribution >= 4 is 15.9 Å². The Hall–Kier alpha value is -1.14. The molecule has 0 bridgehead atoms. The van der Waals surface area contributed by atoms with Crippen LogP contribution in [0.1, 0.15) is 0 Å². The highest BCUT2D eigenvalue weighted by Gasteiger charge is 2.35. The predicted molar refractivity (Wildman–Crippen MR) is 55.3 cm³/mol. The molecule has 15 heavy (non-hydrogen) atoms. The van der Waals surface area contributed by atoms with Crippen molar-refractivity contribution < 1.29 is 12.8 Å². The molecule has 0 radical (unpaired) electrons. The lowest BCUT2D eigenvalue weighted by Crippen LogP contribution is -2.32. The molecule has 0 aliphatic carbocycles. The first kappa shape index (κ1) is 10.4. The molecule has 1 saturated heterocycles. The van der Waals surface area contributed by atoms with Gasteiger partial charge in [0.2, 0.25) is 0 Å². The Morgan fingerprint density at radius 2 is 2.07 bits per heavy atom. The fourth-order valence-corrected chi connectivity index (χ4v) is 2.52. The van der Waals surface area contributed by atoms with Crippen molar-refractivity contribution in [1.29, 1.82) is 0 Å². The Labute approximate surface area is 88.1 Å². The van der Waals surface area contributed by atoms with Gasteiger partial charge in [0.15, 0.2) is 0 Å². The number of anilines is 1. The Kier molecular flexibility index (Phi) is 2.40. The SMILES string of the molecule is CN(c1cccc(F)c1)S(=O)(=O)N1CC1. The minimum Gasteiger partial charge on any atom is -0.261 e. The van der Waals surface area contributed by atoms with E-state index in [1.807, 2.05) is 0 Å². The van der Waals surface area contributed by atoms with Gasteiger partial charge < -0.3 is 0 Å². The minimum atomic E-state index is -3.44. The highest BCUT2D eigenvalue weighted by Crippen LogP contribution is 2.22. The maximum Gasteiger partial charge on any atom is 0.303 e. The third kappa shape index (κ3) is 1.95. The molecular formula is C9H11FN2O2S. The van der Waals surface area contributed by atoms with Crippen molar-refractivity contribution in [2.24, 2.45) is 0 Å². The van der Waals surface area contributed by atoms with E-state index in [0.29, 0.717) is 18.8 Å². The quantitative estimate of drug-likeness (QED) is 0.721. The zero-order chi connectivity index (χ0) is 11.1. The molecule has 1 aliphatic heterocycles. The van der Waals surface area contributed by atoms with Crippen molar-refractivity contribution in [2.45, 2.75) is 0 Å². The van der Waals surface area contributed by atoms with Crippen molar-refractivity contribution in [2.75, 3.05) is 24.4 Å². The summed E-state index contributed by atoms with van der Waals surface area (Å²) in [5.41, 5.74) is 0.335. The fourth-order valence-electron chi connectivity index (χ4n) is 1.25. The van der Waals surface area contributed by atoms with Gasteiger partial charge in [0.25, 0.3) is 0 Å². The molecule has 0 unspecified atom stereocenters. The molecule has 4 nitrogen and oxygen atoms in total. The number of hydrogen-bond donors (Lipinski definition) is 0. The van der Waals surface area contributed by atoms with Gasteiger partial charge in [0.05, 0.1) is 5.69 Å². The summed E-state index contributed by atoms with van der Waals surface area (Å²) in [5.74, 6) is -0.444. The average molecular weight is 230 g/mol. The number of halogens is 1. The normalized spacial score (nSPS) is 16.4. The van der Waals surface area contributed by atoms with E-state index < -0.39 is 16.0 Å². The van der Waals surface area contributed by atoms with Crippen LogP contribution in [-0.2, 0) is 10.2 Å². The van der Waals surface area contributed by atoms with Gasteiger partial charge in [-0.2, -0.15) is 12.7 Å². The van der Waals surface area contributed by atoms with E-state index in [1.54, 1.807) is 6.07 Å². The third-order valence-electron chi connectivity index (χ3n) is 2.25. The van der Waals surface area contributed by atoms with E-state index in [1.165, 1.54) is 29.6 Å². The van der Waals surface area contributed by atoms with Crippen LogP contribution in [0.2, 0.25) is 0 Å². The van der Waals surface area contributed by atoms with Crippen LogP contribution in [0.5, 0.6) is 0 Å². The molecular weight excluding hydrogens is 219 g/mol. The van der Waals surface area contributed by atoms with Crippen LogP contribution < -0.4 is 4.31 Å². The second kappa shape index (κ2) is 3.46. The predicted octanol–water partition coefficient (Wildman–Crippen LogP) is 0.822. The smallest absolute Gasteiger partial charge is 0.261 e. The first-order valence-corrected chi connectivity index (χ1v) is 5.91. The van der Waals surface area contributed by atoms with Crippen LogP contribution in [0.15, 0.2) is 24.3 Å². The summed E-state index contributed by atoms with van der Waals surface area (Å²) in [6.07, 6.45) is 0. The van der Waals surface area contributed by atoms with Gasteiger partial charge in [-0.15, -0.1) is 0 Å². The van der Waals surface area contributed by atoms with E-state index in [4.69, 9.17) is 0 Å². The first-order chi connectivity index (χ1) is 7.01. The van der Waals surface area contributed by atoms with E-state index in [2.05, 4.69) is 0 Å². The van der Waals surface area contributed by atoms with Crippen LogP contribution in [-0.4, -0.2) is 32.9 Å². The zero-order valence-electron chi connectivity index (χ0n) is 8.22.